The molecule has 0 spiro atoms. The van der Waals surface area contributed by atoms with Crippen LogP contribution in [0.25, 0.3) is 0 Å². The number of ether oxygens (including phenoxy) is 2. The zero-order valence-electron chi connectivity index (χ0n) is 34.0. The molecule has 17 nitrogen and oxygen atoms in total. The molecule has 3 aliphatic rings. The maximum atomic E-state index is 12.4. The smallest absolute Gasteiger partial charge is 0.157 e. The second-order valence-corrected chi connectivity index (χ2v) is 16.9. The molecule has 0 saturated carbocycles. The standard InChI is InChI=1S/C48H44O17/c49-21-10-39(60)42-27(44(62)46(64-41(42)11-21)19-2-5-30(51)37(58)8-19)14-26-35(56)17-40(61)43-28(45(63)47(65-48(26)43)20-3-6-31(52)38(59)9-20)13-24-23-12-22(18-1-4-29(50)36(57)7-18)32(53)15-25(23)34(55)16-33(24)54/h1-11,16-17,22,27-28,32,44-47,49-63H,12-15H2/t22-,27+,28+,32-,44-,45-,46-,47-/m1/s1. The van der Waals surface area contributed by atoms with Crippen LogP contribution in [0.3, 0.4) is 0 Å². The molecule has 0 aromatic heterocycles. The largest absolute Gasteiger partial charge is 0.508 e. The maximum Gasteiger partial charge on any atom is 0.157 e. The molecule has 1 aliphatic carbocycles. The number of aliphatic hydroxyl groups excluding tert-OH is 3. The number of phenols is 12. The Bertz CT molecular complexity index is 2880. The molecule has 0 unspecified atom stereocenters. The van der Waals surface area contributed by atoms with E-state index in [-0.39, 0.29) is 87.6 Å². The van der Waals surface area contributed by atoms with E-state index in [1.807, 2.05) is 0 Å². The normalized spacial score (nSPS) is 23.4. The molecule has 8 atom stereocenters. The van der Waals surface area contributed by atoms with Crippen LogP contribution in [-0.2, 0) is 25.7 Å². The van der Waals surface area contributed by atoms with Crippen LogP contribution in [0.4, 0.5) is 0 Å². The first-order chi connectivity index (χ1) is 30.9. The Morgan fingerprint density at radius 3 is 1.51 bits per heavy atom. The molecule has 17 heteroatoms. The number of fused-ring (bicyclic) bond motifs is 3. The minimum atomic E-state index is -1.62. The average molecular weight is 893 g/mol. The first kappa shape index (κ1) is 42.7. The van der Waals surface area contributed by atoms with Crippen molar-refractivity contribution in [3.63, 3.8) is 0 Å². The SMILES string of the molecule is Oc1cc(O)c2c(c1)O[C@H](c1ccc(O)c(O)c1)[C@H](O)[C@H]2Cc1c(O)cc(O)c2c1O[C@H](c1ccc(O)c(O)c1)[C@H](O)[C@H]2Cc1c(O)cc(O)c2c1C[C@H](c1ccc(O)c(O)c1)[C@H](O)C2. The van der Waals surface area contributed by atoms with Crippen LogP contribution in [-0.4, -0.2) is 94.9 Å². The molecule has 65 heavy (non-hydrogen) atoms. The Balaban J connectivity index is 1.19. The van der Waals surface area contributed by atoms with Gasteiger partial charge < -0.3 is 86.1 Å². The quantitative estimate of drug-likeness (QED) is 0.0934. The van der Waals surface area contributed by atoms with Gasteiger partial charge in [-0.3, -0.25) is 0 Å². The minimum Gasteiger partial charge on any atom is -0.508 e. The summed E-state index contributed by atoms with van der Waals surface area (Å²) in [6.07, 6.45) is -7.79. The Morgan fingerprint density at radius 2 is 0.908 bits per heavy atom. The lowest BCUT2D eigenvalue weighted by atomic mass is 9.72. The van der Waals surface area contributed by atoms with Gasteiger partial charge in [-0.25, -0.2) is 0 Å². The van der Waals surface area contributed by atoms with E-state index in [4.69, 9.17) is 9.47 Å². The third-order valence-corrected chi connectivity index (χ3v) is 13.0. The van der Waals surface area contributed by atoms with E-state index in [1.54, 1.807) is 0 Å². The van der Waals surface area contributed by atoms with Crippen LogP contribution in [0, 0.1) is 0 Å². The van der Waals surface area contributed by atoms with E-state index in [0.29, 0.717) is 11.1 Å². The lowest BCUT2D eigenvalue weighted by molar-refractivity contribution is -0.00683. The van der Waals surface area contributed by atoms with Crippen LogP contribution in [0.1, 0.15) is 80.0 Å². The Labute approximate surface area is 368 Å². The van der Waals surface area contributed by atoms with Gasteiger partial charge >= 0.3 is 0 Å². The molecule has 338 valence electrons. The van der Waals surface area contributed by atoms with Crippen molar-refractivity contribution < 1.29 is 86.1 Å². The highest BCUT2D eigenvalue weighted by Gasteiger charge is 2.46. The molecule has 0 amide bonds. The van der Waals surface area contributed by atoms with Crippen LogP contribution in [0.5, 0.6) is 80.5 Å². The van der Waals surface area contributed by atoms with Gasteiger partial charge in [0.2, 0.25) is 0 Å². The molecule has 0 bridgehead atoms. The number of phenolic OH excluding ortho intramolecular Hbond substituents is 12. The number of aromatic hydroxyl groups is 12. The van der Waals surface area contributed by atoms with Gasteiger partial charge in [0.25, 0.3) is 0 Å². The van der Waals surface area contributed by atoms with Crippen molar-refractivity contribution in [3.05, 3.63) is 129 Å². The van der Waals surface area contributed by atoms with E-state index < -0.39 is 106 Å². The van der Waals surface area contributed by atoms with Crippen molar-refractivity contribution in [2.45, 2.75) is 74.0 Å². The topological polar surface area (TPSA) is 322 Å². The van der Waals surface area contributed by atoms with Gasteiger partial charge in [-0.2, -0.15) is 0 Å². The summed E-state index contributed by atoms with van der Waals surface area (Å²) in [4.78, 5) is 0. The Hall–Kier alpha value is -7.60. The fourth-order valence-electron chi connectivity index (χ4n) is 9.78. The lowest BCUT2D eigenvalue weighted by Gasteiger charge is -2.41. The molecule has 0 radical (unpaired) electrons. The van der Waals surface area contributed by atoms with E-state index in [9.17, 15) is 76.6 Å². The predicted molar refractivity (Wildman–Crippen MR) is 226 cm³/mol. The molecule has 6 aromatic carbocycles. The van der Waals surface area contributed by atoms with Gasteiger partial charge in [0.15, 0.2) is 46.7 Å². The van der Waals surface area contributed by atoms with Crippen LogP contribution in [0.15, 0.2) is 78.9 Å². The third kappa shape index (κ3) is 7.28. The fourth-order valence-corrected chi connectivity index (χ4v) is 9.78. The Kier molecular flexibility index (Phi) is 10.4. The van der Waals surface area contributed by atoms with Crippen molar-refractivity contribution in [3.8, 4) is 80.5 Å². The molecular formula is C48H44O17. The highest BCUT2D eigenvalue weighted by atomic mass is 16.5. The zero-order chi connectivity index (χ0) is 46.3. The molecule has 9 rings (SSSR count). The summed E-state index contributed by atoms with van der Waals surface area (Å²) in [7, 11) is 0. The van der Waals surface area contributed by atoms with Crippen molar-refractivity contribution in [2.75, 3.05) is 0 Å². The monoisotopic (exact) mass is 892 g/mol. The summed E-state index contributed by atoms with van der Waals surface area (Å²) in [5.74, 6) is -9.01. The molecule has 0 saturated heterocycles. The lowest BCUT2D eigenvalue weighted by Crippen LogP contribution is -2.38. The van der Waals surface area contributed by atoms with Gasteiger partial charge in [0, 0.05) is 70.7 Å². The van der Waals surface area contributed by atoms with Crippen molar-refractivity contribution in [2.24, 2.45) is 0 Å². The van der Waals surface area contributed by atoms with E-state index >= 15 is 0 Å². The van der Waals surface area contributed by atoms with Crippen molar-refractivity contribution in [1.29, 1.82) is 0 Å². The van der Waals surface area contributed by atoms with Crippen LogP contribution >= 0.6 is 0 Å². The molecule has 0 fully saturated rings. The maximum absolute atomic E-state index is 12.4. The second kappa shape index (κ2) is 15.9. The number of benzene rings is 6. The summed E-state index contributed by atoms with van der Waals surface area (Å²) in [6, 6.07) is 15.8. The Morgan fingerprint density at radius 1 is 0.415 bits per heavy atom. The predicted octanol–water partition coefficient (Wildman–Crippen LogP) is 5.04. The molecule has 2 aliphatic heterocycles. The number of rotatable bonds is 7. The minimum absolute atomic E-state index is 0.00232. The van der Waals surface area contributed by atoms with E-state index in [1.165, 1.54) is 42.5 Å². The van der Waals surface area contributed by atoms with Crippen molar-refractivity contribution >= 4 is 0 Å². The molecule has 6 aromatic rings. The highest BCUT2D eigenvalue weighted by molar-refractivity contribution is 5.63. The second-order valence-electron chi connectivity index (χ2n) is 16.9. The summed E-state index contributed by atoms with van der Waals surface area (Å²) in [6.45, 7) is 0. The molecule has 2 heterocycles. The molecular weight excluding hydrogens is 849 g/mol. The van der Waals surface area contributed by atoms with Gasteiger partial charge in [0.05, 0.1) is 6.10 Å². The van der Waals surface area contributed by atoms with Gasteiger partial charge in [-0.1, -0.05) is 18.2 Å². The van der Waals surface area contributed by atoms with E-state index in [0.717, 1.165) is 36.4 Å². The van der Waals surface area contributed by atoms with Crippen molar-refractivity contribution in [1.82, 2.24) is 0 Å². The van der Waals surface area contributed by atoms with Gasteiger partial charge in [-0.05, 0) is 83.5 Å². The fraction of sp³-hybridized carbons (Fsp3) is 0.250. The number of hydrogen-bond acceptors (Lipinski definition) is 17. The van der Waals surface area contributed by atoms with E-state index in [2.05, 4.69) is 0 Å². The molecule has 15 N–H and O–H groups in total. The van der Waals surface area contributed by atoms with Crippen LogP contribution < -0.4 is 9.47 Å². The van der Waals surface area contributed by atoms with Gasteiger partial charge in [-0.15, -0.1) is 0 Å². The third-order valence-electron chi connectivity index (χ3n) is 13.0. The summed E-state index contributed by atoms with van der Waals surface area (Å²) in [5.41, 5.74) is 1.48. The first-order valence-electron chi connectivity index (χ1n) is 20.5. The van der Waals surface area contributed by atoms with Crippen LogP contribution in [0.2, 0.25) is 0 Å². The average Bonchev–Trinajstić information content (AvgIpc) is 3.25. The highest BCUT2D eigenvalue weighted by Crippen LogP contribution is 2.57. The summed E-state index contributed by atoms with van der Waals surface area (Å²) in [5, 5.41) is 165. The summed E-state index contributed by atoms with van der Waals surface area (Å²) < 4.78 is 12.6. The zero-order valence-corrected chi connectivity index (χ0v) is 34.0. The number of aliphatic hydroxyl groups is 3. The summed E-state index contributed by atoms with van der Waals surface area (Å²) >= 11 is 0. The number of hydrogen-bond donors (Lipinski definition) is 15. The van der Waals surface area contributed by atoms with Gasteiger partial charge in [0.1, 0.15) is 58.2 Å². The first-order valence-corrected chi connectivity index (χ1v) is 20.5.